The van der Waals surface area contributed by atoms with Crippen molar-refractivity contribution in [2.45, 2.75) is 208 Å². The van der Waals surface area contributed by atoms with Gasteiger partial charge in [-0.15, -0.1) is 0 Å². The molecule has 5 unspecified atom stereocenters. The third kappa shape index (κ3) is 15.1. The highest BCUT2D eigenvalue weighted by molar-refractivity contribution is 6.75. The van der Waals surface area contributed by atoms with Crippen molar-refractivity contribution in [3.05, 3.63) is 46.8 Å². The number of aldehydes is 1. The molecule has 5 atom stereocenters. The van der Waals surface area contributed by atoms with E-state index in [1.807, 2.05) is 38.1 Å². The van der Waals surface area contributed by atoms with Crippen LogP contribution in [0.3, 0.4) is 0 Å². The number of carbonyl (C=O) groups is 2. The Morgan fingerprint density at radius 2 is 1.34 bits per heavy atom. The monoisotopic (exact) mass is 850 g/mol. The van der Waals surface area contributed by atoms with Gasteiger partial charge in [0, 0.05) is 29.0 Å². The summed E-state index contributed by atoms with van der Waals surface area (Å²) in [7, 11) is -6.63. The Morgan fingerprint density at radius 3 is 1.80 bits per heavy atom. The summed E-state index contributed by atoms with van der Waals surface area (Å²) in [5.41, 5.74) is 1.26. The van der Waals surface area contributed by atoms with Crippen LogP contribution in [0.5, 0.6) is 0 Å². The Labute approximate surface area is 353 Å². The maximum absolute atomic E-state index is 14.9. The van der Waals surface area contributed by atoms with Gasteiger partial charge in [0.1, 0.15) is 12.1 Å². The Hall–Kier alpha value is -1.21. The van der Waals surface area contributed by atoms with Gasteiger partial charge in [0.05, 0.1) is 24.0 Å². The minimum Gasteiger partial charge on any atom is -0.413 e. The number of hydrogen-bond acceptors (Lipinski definition) is 6. The third-order valence-electron chi connectivity index (χ3n) is 13.4. The lowest BCUT2D eigenvalue weighted by atomic mass is 9.71. The van der Waals surface area contributed by atoms with Crippen LogP contribution in [0.15, 0.2) is 41.1 Å². The van der Waals surface area contributed by atoms with Crippen LogP contribution in [0.4, 0.5) is 0 Å². The maximum atomic E-state index is 14.9. The molecule has 6 nitrogen and oxygen atoms in total. The molecule has 0 fully saturated rings. The molecule has 322 valence electrons. The first-order valence-electron chi connectivity index (χ1n) is 21.2. The van der Waals surface area contributed by atoms with Gasteiger partial charge in [-0.1, -0.05) is 119 Å². The summed E-state index contributed by atoms with van der Waals surface area (Å²) in [5.74, 6) is -0.0253. The molecule has 0 spiro atoms. The van der Waals surface area contributed by atoms with Gasteiger partial charge in [-0.05, 0) is 118 Å². The molecule has 10 heteroatoms. The second kappa shape index (κ2) is 20.9. The van der Waals surface area contributed by atoms with Gasteiger partial charge in [0.2, 0.25) is 0 Å². The van der Waals surface area contributed by atoms with Crippen molar-refractivity contribution in [2.24, 2.45) is 17.3 Å². The largest absolute Gasteiger partial charge is 0.413 e. The first-order valence-corrected chi connectivity index (χ1v) is 30.3. The predicted octanol–water partition coefficient (Wildman–Crippen LogP) is 14.2. The molecule has 0 aliphatic heterocycles. The molecular weight excluding hydrogens is 766 g/mol. The number of hydrogen-bond donors (Lipinski definition) is 0. The molecule has 1 heterocycles. The molecule has 0 aliphatic rings. The number of pyridine rings is 1. The van der Waals surface area contributed by atoms with Crippen LogP contribution in [0.25, 0.3) is 6.08 Å². The fourth-order valence-corrected chi connectivity index (χ4v) is 10.6. The van der Waals surface area contributed by atoms with Crippen molar-refractivity contribution in [1.82, 2.24) is 4.98 Å². The Kier molecular flexibility index (Phi) is 19.7. The first-order chi connectivity index (χ1) is 25.3. The summed E-state index contributed by atoms with van der Waals surface area (Å²) < 4.78 is 21.0. The molecule has 0 N–H and O–H groups in total. The van der Waals surface area contributed by atoms with Gasteiger partial charge in [0.25, 0.3) is 0 Å². The highest BCUT2D eigenvalue weighted by Gasteiger charge is 2.50. The molecular formula is C46H84ClNO5Si3. The average Bonchev–Trinajstić information content (AvgIpc) is 3.04. The molecule has 0 saturated carbocycles. The predicted molar refractivity (Wildman–Crippen MR) is 249 cm³/mol. The number of ketones is 1. The number of allylic oxidation sites excluding steroid dienone is 1. The zero-order chi connectivity index (χ0) is 43.7. The summed E-state index contributed by atoms with van der Waals surface area (Å²) in [5, 5.41) is 0.654. The fourth-order valence-electron chi connectivity index (χ4n) is 6.15. The number of aromatic nitrogens is 1. The molecule has 0 aliphatic carbocycles. The number of rotatable bonds is 22. The van der Waals surface area contributed by atoms with Crippen LogP contribution in [-0.2, 0) is 22.9 Å². The molecule has 1 aromatic heterocycles. The number of halogens is 1. The number of carbonyl (C=O) groups excluding carboxylic acids is 2. The van der Waals surface area contributed by atoms with Crippen LogP contribution in [0, 0.1) is 17.3 Å². The molecule has 1 aromatic rings. The van der Waals surface area contributed by atoms with E-state index < -0.39 is 36.5 Å². The molecule has 0 aromatic carbocycles. The molecule has 0 amide bonds. The smallest absolute Gasteiger partial charge is 0.192 e. The Balaban J connectivity index is 3.41. The van der Waals surface area contributed by atoms with Crippen LogP contribution in [0.2, 0.25) is 54.4 Å². The van der Waals surface area contributed by atoms with Gasteiger partial charge in [-0.2, -0.15) is 0 Å². The molecule has 0 bridgehead atoms. The highest BCUT2D eigenvalue weighted by Crippen LogP contribution is 2.45. The zero-order valence-electron chi connectivity index (χ0n) is 39.5. The summed E-state index contributed by atoms with van der Waals surface area (Å²) in [6.07, 6.45) is 10.3. The van der Waals surface area contributed by atoms with Gasteiger partial charge in [-0.25, -0.2) is 0 Å². The molecule has 0 radical (unpaired) electrons. The minimum atomic E-state index is -2.27. The summed E-state index contributed by atoms with van der Waals surface area (Å²) in [6.45, 7) is 44.2. The van der Waals surface area contributed by atoms with Crippen molar-refractivity contribution < 1.29 is 22.9 Å². The lowest BCUT2D eigenvalue weighted by molar-refractivity contribution is -0.142. The van der Waals surface area contributed by atoms with E-state index in [4.69, 9.17) is 24.9 Å². The molecule has 1 rings (SSSR count). The molecule has 0 saturated heterocycles. The zero-order valence-corrected chi connectivity index (χ0v) is 43.3. The van der Waals surface area contributed by atoms with Crippen LogP contribution in [0.1, 0.15) is 141 Å². The van der Waals surface area contributed by atoms with Crippen LogP contribution in [-0.4, -0.2) is 60.3 Å². The second-order valence-corrected chi connectivity index (χ2v) is 36.2. The van der Waals surface area contributed by atoms with E-state index in [9.17, 15) is 9.59 Å². The summed E-state index contributed by atoms with van der Waals surface area (Å²) in [6, 6.07) is 5.83. The van der Waals surface area contributed by atoms with Crippen molar-refractivity contribution in [1.29, 1.82) is 0 Å². The van der Waals surface area contributed by atoms with E-state index in [-0.39, 0.29) is 51.4 Å². The van der Waals surface area contributed by atoms with E-state index in [0.29, 0.717) is 17.9 Å². The van der Waals surface area contributed by atoms with Crippen molar-refractivity contribution in [3.8, 4) is 0 Å². The summed E-state index contributed by atoms with van der Waals surface area (Å²) in [4.78, 5) is 31.4. The lowest BCUT2D eigenvalue weighted by Crippen LogP contribution is -2.54. The number of nitrogens with zero attached hydrogens (tertiary/aromatic N) is 1. The highest BCUT2D eigenvalue weighted by atomic mass is 35.5. The number of Topliss-reactive ketones (excluding diaryl/α,β-unsaturated/α-hetero) is 1. The van der Waals surface area contributed by atoms with Crippen LogP contribution < -0.4 is 0 Å². The van der Waals surface area contributed by atoms with E-state index >= 15 is 0 Å². The van der Waals surface area contributed by atoms with Crippen molar-refractivity contribution in [2.75, 3.05) is 0 Å². The van der Waals surface area contributed by atoms with Crippen molar-refractivity contribution >= 4 is 54.7 Å². The van der Waals surface area contributed by atoms with E-state index in [2.05, 4.69) is 133 Å². The average molecular weight is 851 g/mol. The van der Waals surface area contributed by atoms with Gasteiger partial charge < -0.3 is 18.1 Å². The third-order valence-corrected chi connectivity index (χ3v) is 27.2. The summed E-state index contributed by atoms with van der Waals surface area (Å²) >= 11 is 7.00. The lowest BCUT2D eigenvalue weighted by Gasteiger charge is -2.47. The van der Waals surface area contributed by atoms with Gasteiger partial charge >= 0.3 is 0 Å². The SMILES string of the molecule is CCC(C(=O)C(C)(C)C(CC=O)O[Si](C)(C)C(C)(C)C)C(O[Si](C)(C)C(C)(C)C)C(C)CCCC(C)=CCC(O[Si](C)(C)C(C)(C)C)C(Cl)=Cc1ccccn1. The van der Waals surface area contributed by atoms with Gasteiger partial charge in [0.15, 0.2) is 25.0 Å². The Bertz CT molecular complexity index is 1450. The van der Waals surface area contributed by atoms with Gasteiger partial charge in [-0.3, -0.25) is 9.78 Å². The van der Waals surface area contributed by atoms with E-state index in [0.717, 1.165) is 31.2 Å². The Morgan fingerprint density at radius 1 is 0.821 bits per heavy atom. The topological polar surface area (TPSA) is 74.7 Å². The minimum absolute atomic E-state index is 0.0119. The maximum Gasteiger partial charge on any atom is 0.192 e. The molecule has 56 heavy (non-hydrogen) atoms. The first kappa shape index (κ1) is 52.8. The quantitative estimate of drug-likeness (QED) is 0.0657. The standard InChI is InChI=1S/C46H84ClNO5Si3/c1-21-37(42(50)46(13,14)40(30-32-49)52-55(17,18)44(7,8)9)41(53-56(19,20)45(10,11)12)35(3)26-24-25-34(2)28-29-39(51-54(15,16)43(4,5)6)38(47)33-36-27-22-23-31-48-36/h22-23,27-28,31-33,35,37,39-41H,21,24-26,29-30H2,1-20H3. The van der Waals surface area contributed by atoms with E-state index in [1.54, 1.807) is 6.20 Å². The normalized spacial score (nSPS) is 17.3. The van der Waals surface area contributed by atoms with Crippen molar-refractivity contribution in [3.63, 3.8) is 0 Å². The fraction of sp³-hybridized carbons (Fsp3) is 0.761. The van der Waals surface area contributed by atoms with Crippen LogP contribution >= 0.6 is 11.6 Å². The second-order valence-electron chi connectivity index (χ2n) is 21.5. The van der Waals surface area contributed by atoms with E-state index in [1.165, 1.54) is 5.57 Å².